The van der Waals surface area contributed by atoms with E-state index >= 15 is 0 Å². The average molecular weight is 306 g/mol. The lowest BCUT2D eigenvalue weighted by molar-refractivity contribution is -0.140. The summed E-state index contributed by atoms with van der Waals surface area (Å²) in [4.78, 5) is 24.2. The van der Waals surface area contributed by atoms with Crippen LogP contribution in [0, 0.1) is 5.92 Å². The molecule has 2 aromatic rings. The molecule has 0 saturated carbocycles. The van der Waals surface area contributed by atoms with Crippen LogP contribution in [0.15, 0.2) is 36.0 Å². The third-order valence-electron chi connectivity index (χ3n) is 3.50. The van der Waals surface area contributed by atoms with E-state index in [1.54, 1.807) is 0 Å². The Morgan fingerprint density at radius 2 is 2.05 bits per heavy atom. The number of nitrogens with zero attached hydrogens (tertiary/aromatic N) is 1. The summed E-state index contributed by atoms with van der Waals surface area (Å²) >= 11 is 1.30. The van der Waals surface area contributed by atoms with Gasteiger partial charge in [-0.15, -0.1) is 11.3 Å². The van der Waals surface area contributed by atoms with Crippen LogP contribution >= 0.6 is 11.3 Å². The van der Waals surface area contributed by atoms with Crippen LogP contribution in [0.1, 0.15) is 29.9 Å². The molecule has 0 aromatic carbocycles. The molecule has 0 saturated heterocycles. The third-order valence-corrected chi connectivity index (χ3v) is 4.40. The maximum Gasteiger partial charge on any atom is 0.326 e. The van der Waals surface area contributed by atoms with E-state index in [9.17, 15) is 14.7 Å². The highest BCUT2D eigenvalue weighted by Gasteiger charge is 2.27. The minimum absolute atomic E-state index is 0.124. The Morgan fingerprint density at radius 3 is 2.62 bits per heavy atom. The molecular weight excluding hydrogens is 288 g/mol. The number of carboxylic acids is 1. The van der Waals surface area contributed by atoms with Gasteiger partial charge in [0.05, 0.1) is 5.69 Å². The van der Waals surface area contributed by atoms with Crippen LogP contribution in [-0.4, -0.2) is 27.6 Å². The standard InChI is InChI=1S/C15H18N2O3S/c1-3-10(2)12(15(19)20)16-14(18)13-11(6-9-21-13)17-7-4-5-8-17/h4-10,12H,3H2,1-2H3,(H,16,18)(H,19,20). The Bertz CT molecular complexity index is 619. The molecule has 0 fully saturated rings. The summed E-state index contributed by atoms with van der Waals surface area (Å²) in [6.45, 7) is 3.73. The van der Waals surface area contributed by atoms with Crippen molar-refractivity contribution >= 4 is 23.2 Å². The van der Waals surface area contributed by atoms with Gasteiger partial charge in [0.1, 0.15) is 10.9 Å². The number of amides is 1. The number of carbonyl (C=O) groups excluding carboxylic acids is 1. The van der Waals surface area contributed by atoms with E-state index in [1.165, 1.54) is 11.3 Å². The van der Waals surface area contributed by atoms with Crippen molar-refractivity contribution in [3.8, 4) is 5.69 Å². The van der Waals surface area contributed by atoms with Crippen molar-refractivity contribution in [1.29, 1.82) is 0 Å². The SMILES string of the molecule is CCC(C)C(NC(=O)c1sccc1-n1cccc1)C(=O)O. The fraction of sp³-hybridized carbons (Fsp3) is 0.333. The van der Waals surface area contributed by atoms with Gasteiger partial charge in [-0.25, -0.2) is 4.79 Å². The van der Waals surface area contributed by atoms with Crippen molar-refractivity contribution in [3.63, 3.8) is 0 Å². The quantitative estimate of drug-likeness (QED) is 0.862. The van der Waals surface area contributed by atoms with E-state index in [0.717, 1.165) is 5.69 Å². The van der Waals surface area contributed by atoms with E-state index in [4.69, 9.17) is 0 Å². The lowest BCUT2D eigenvalue weighted by atomic mass is 9.99. The molecule has 1 amide bonds. The number of aliphatic carboxylic acids is 1. The van der Waals surface area contributed by atoms with Gasteiger partial charge >= 0.3 is 5.97 Å². The molecule has 0 bridgehead atoms. The molecule has 2 rings (SSSR count). The average Bonchev–Trinajstić information content (AvgIpc) is 3.12. The Morgan fingerprint density at radius 1 is 1.38 bits per heavy atom. The van der Waals surface area contributed by atoms with Gasteiger partial charge in [0.15, 0.2) is 0 Å². The number of hydrogen-bond donors (Lipinski definition) is 2. The highest BCUT2D eigenvalue weighted by Crippen LogP contribution is 2.22. The van der Waals surface area contributed by atoms with Gasteiger partial charge in [-0.1, -0.05) is 20.3 Å². The van der Waals surface area contributed by atoms with Crippen LogP contribution in [-0.2, 0) is 4.79 Å². The smallest absolute Gasteiger partial charge is 0.326 e. The van der Waals surface area contributed by atoms with Gasteiger partial charge in [0, 0.05) is 12.4 Å². The molecule has 0 aliphatic carbocycles. The van der Waals surface area contributed by atoms with Gasteiger partial charge in [-0.3, -0.25) is 4.79 Å². The molecule has 0 spiro atoms. The van der Waals surface area contributed by atoms with Gasteiger partial charge in [0.2, 0.25) is 0 Å². The lowest BCUT2D eigenvalue weighted by Gasteiger charge is -2.20. The van der Waals surface area contributed by atoms with Crippen LogP contribution in [0.2, 0.25) is 0 Å². The van der Waals surface area contributed by atoms with E-state index in [1.807, 2.05) is 54.4 Å². The summed E-state index contributed by atoms with van der Waals surface area (Å²) in [6.07, 6.45) is 4.39. The maximum absolute atomic E-state index is 12.4. The molecule has 0 aliphatic heterocycles. The number of carbonyl (C=O) groups is 2. The largest absolute Gasteiger partial charge is 0.480 e. The summed E-state index contributed by atoms with van der Waals surface area (Å²) in [5.41, 5.74) is 0.760. The maximum atomic E-state index is 12.4. The lowest BCUT2D eigenvalue weighted by Crippen LogP contribution is -2.45. The fourth-order valence-electron chi connectivity index (χ4n) is 2.06. The van der Waals surface area contributed by atoms with Crippen LogP contribution in [0.25, 0.3) is 5.69 Å². The first-order chi connectivity index (χ1) is 10.0. The molecule has 21 heavy (non-hydrogen) atoms. The zero-order chi connectivity index (χ0) is 15.4. The second-order valence-corrected chi connectivity index (χ2v) is 5.82. The highest BCUT2D eigenvalue weighted by molar-refractivity contribution is 7.12. The molecule has 6 heteroatoms. The van der Waals surface area contributed by atoms with E-state index in [0.29, 0.717) is 11.3 Å². The first-order valence-corrected chi connectivity index (χ1v) is 7.67. The molecule has 2 heterocycles. The summed E-state index contributed by atoms with van der Waals surface area (Å²) in [5.74, 6) is -1.47. The molecule has 0 aliphatic rings. The molecule has 112 valence electrons. The fourth-order valence-corrected chi connectivity index (χ4v) is 2.85. The molecular formula is C15H18N2O3S. The molecule has 0 radical (unpaired) electrons. The summed E-state index contributed by atoms with van der Waals surface area (Å²) in [6, 6.07) is 4.72. The van der Waals surface area contributed by atoms with Gasteiger partial charge < -0.3 is 15.0 Å². The summed E-state index contributed by atoms with van der Waals surface area (Å²) in [7, 11) is 0. The Labute approximate surface area is 127 Å². The molecule has 2 N–H and O–H groups in total. The van der Waals surface area contributed by atoms with Gasteiger partial charge in [0.25, 0.3) is 5.91 Å². The first-order valence-electron chi connectivity index (χ1n) is 6.79. The highest BCUT2D eigenvalue weighted by atomic mass is 32.1. The van der Waals surface area contributed by atoms with Crippen molar-refractivity contribution in [2.45, 2.75) is 26.3 Å². The number of aromatic nitrogens is 1. The van der Waals surface area contributed by atoms with E-state index in [2.05, 4.69) is 5.32 Å². The first kappa shape index (κ1) is 15.3. The molecule has 2 aromatic heterocycles. The summed E-state index contributed by atoms with van der Waals surface area (Å²) in [5, 5.41) is 13.7. The normalized spacial score (nSPS) is 13.6. The Kier molecular flexibility index (Phi) is 4.80. The van der Waals surface area contributed by atoms with Crippen molar-refractivity contribution < 1.29 is 14.7 Å². The molecule has 2 atom stereocenters. The minimum Gasteiger partial charge on any atom is -0.480 e. The topological polar surface area (TPSA) is 71.3 Å². The van der Waals surface area contributed by atoms with E-state index in [-0.39, 0.29) is 11.8 Å². The van der Waals surface area contributed by atoms with Crippen molar-refractivity contribution in [1.82, 2.24) is 9.88 Å². The minimum atomic E-state index is -1.00. The predicted octanol–water partition coefficient (Wildman–Crippen LogP) is 2.77. The zero-order valence-corrected chi connectivity index (χ0v) is 12.8. The van der Waals surface area contributed by atoms with Gasteiger partial charge in [-0.2, -0.15) is 0 Å². The number of rotatable bonds is 6. The molecule has 2 unspecified atom stereocenters. The predicted molar refractivity (Wildman–Crippen MR) is 82.0 cm³/mol. The molecule has 5 nitrogen and oxygen atoms in total. The van der Waals surface area contributed by atoms with Crippen LogP contribution in [0.4, 0.5) is 0 Å². The van der Waals surface area contributed by atoms with E-state index < -0.39 is 12.0 Å². The number of carboxylic acid groups (broad SMARTS) is 1. The monoisotopic (exact) mass is 306 g/mol. The van der Waals surface area contributed by atoms with Crippen molar-refractivity contribution in [2.24, 2.45) is 5.92 Å². The number of nitrogens with one attached hydrogen (secondary N) is 1. The van der Waals surface area contributed by atoms with Crippen LogP contribution in [0.5, 0.6) is 0 Å². The Hall–Kier alpha value is -2.08. The van der Waals surface area contributed by atoms with Crippen LogP contribution < -0.4 is 5.32 Å². The number of thiophene rings is 1. The number of hydrogen-bond acceptors (Lipinski definition) is 3. The van der Waals surface area contributed by atoms with Crippen molar-refractivity contribution in [3.05, 3.63) is 40.8 Å². The Balaban J connectivity index is 2.21. The van der Waals surface area contributed by atoms with Crippen molar-refractivity contribution in [2.75, 3.05) is 0 Å². The zero-order valence-electron chi connectivity index (χ0n) is 11.9. The summed E-state index contributed by atoms with van der Waals surface area (Å²) < 4.78 is 1.84. The second-order valence-electron chi connectivity index (χ2n) is 4.90. The van der Waals surface area contributed by atoms with Crippen LogP contribution in [0.3, 0.4) is 0 Å². The third kappa shape index (κ3) is 3.33. The second kappa shape index (κ2) is 6.58. The van der Waals surface area contributed by atoms with Gasteiger partial charge in [-0.05, 0) is 29.5 Å².